The number of nitrogens with one attached hydrogen (secondary N) is 2. The Balaban J connectivity index is 0.000000209. The van der Waals surface area contributed by atoms with Crippen LogP contribution in [0.4, 0.5) is 0 Å². The molecule has 8 rings (SSSR count). The van der Waals surface area contributed by atoms with Gasteiger partial charge in [0, 0.05) is 26.9 Å². The van der Waals surface area contributed by atoms with Crippen molar-refractivity contribution in [1.29, 1.82) is 0 Å². The van der Waals surface area contributed by atoms with Crippen LogP contribution in [0.5, 0.6) is 0 Å². The fourth-order valence-corrected chi connectivity index (χ4v) is 8.87. The molecule has 2 atom stereocenters. The molecule has 6 aromatic carbocycles. The summed E-state index contributed by atoms with van der Waals surface area (Å²) in [5.74, 6) is -3.24. The molecule has 0 bridgehead atoms. The molecule has 0 spiro atoms. The van der Waals surface area contributed by atoms with Crippen molar-refractivity contribution < 1.29 is 29.0 Å². The van der Waals surface area contributed by atoms with Crippen molar-refractivity contribution in [2.24, 2.45) is 14.1 Å². The first-order chi connectivity index (χ1) is 33.9. The highest BCUT2D eigenvalue weighted by atomic mass is 35.5. The summed E-state index contributed by atoms with van der Waals surface area (Å²) in [4.78, 5) is 101. The number of aliphatic carboxylic acids is 1. The van der Waals surface area contributed by atoms with Crippen LogP contribution in [0.15, 0.2) is 153 Å². The zero-order chi connectivity index (χ0) is 51.3. The molecule has 0 saturated heterocycles. The van der Waals surface area contributed by atoms with Crippen LogP contribution in [0.3, 0.4) is 0 Å². The van der Waals surface area contributed by atoms with Crippen molar-refractivity contribution >= 4 is 92.0 Å². The molecular formula is C51H40Cl4N6O10. The number of carbonyl (C=O) groups excluding carboxylic acids is 3. The maximum Gasteiger partial charge on any atom is 0.335 e. The second-order valence-corrected chi connectivity index (χ2v) is 17.5. The monoisotopic (exact) mass is 1040 g/mol. The van der Waals surface area contributed by atoms with Gasteiger partial charge >= 0.3 is 23.3 Å². The number of rotatable bonds is 12. The fraction of sp³-hybridized carbons (Fsp3) is 0.137. The van der Waals surface area contributed by atoms with E-state index in [1.807, 2.05) is 0 Å². The number of nitrogens with zero attached hydrogens (tertiary/aromatic N) is 4. The molecule has 0 aliphatic heterocycles. The van der Waals surface area contributed by atoms with Crippen molar-refractivity contribution in [3.05, 3.63) is 217 Å². The highest BCUT2D eigenvalue weighted by Gasteiger charge is 2.26. The number of aromatic nitrogens is 4. The van der Waals surface area contributed by atoms with Gasteiger partial charge in [0.15, 0.2) is 0 Å². The lowest BCUT2D eigenvalue weighted by Crippen LogP contribution is -2.43. The molecule has 0 aliphatic rings. The normalized spacial score (nSPS) is 11.8. The van der Waals surface area contributed by atoms with Gasteiger partial charge in [-0.15, -0.1) is 0 Å². The lowest BCUT2D eigenvalue weighted by atomic mass is 10.0. The van der Waals surface area contributed by atoms with Gasteiger partial charge in [0.1, 0.15) is 12.1 Å². The van der Waals surface area contributed by atoms with Crippen LogP contribution < -0.4 is 33.1 Å². The molecule has 0 radical (unpaired) electrons. The number of benzene rings is 6. The Kier molecular flexibility index (Phi) is 15.8. The number of hydrogen-bond acceptors (Lipinski definition) is 9. The number of esters is 1. The van der Waals surface area contributed by atoms with Crippen molar-refractivity contribution in [2.45, 2.75) is 24.9 Å². The number of fused-ring (bicyclic) bond motifs is 2. The number of halogens is 4. The molecule has 71 heavy (non-hydrogen) atoms. The Morgan fingerprint density at radius 1 is 0.521 bits per heavy atom. The number of carboxylic acids is 1. The maximum atomic E-state index is 13.0. The van der Waals surface area contributed by atoms with E-state index >= 15 is 0 Å². The number of amides is 2. The molecule has 16 nitrogen and oxygen atoms in total. The Morgan fingerprint density at radius 2 is 0.873 bits per heavy atom. The summed E-state index contributed by atoms with van der Waals surface area (Å²) >= 11 is 24.3. The summed E-state index contributed by atoms with van der Waals surface area (Å²) in [5, 5.41) is 16.0. The predicted octanol–water partition coefficient (Wildman–Crippen LogP) is 6.93. The van der Waals surface area contributed by atoms with Crippen LogP contribution in [0.2, 0.25) is 20.1 Å². The summed E-state index contributed by atoms with van der Waals surface area (Å²) in [6, 6.07) is 33.4. The molecule has 0 fully saturated rings. The number of carbonyl (C=O) groups is 4. The third-order valence-electron chi connectivity index (χ3n) is 11.4. The van der Waals surface area contributed by atoms with E-state index in [1.54, 1.807) is 123 Å². The van der Waals surface area contributed by atoms with Gasteiger partial charge in [-0.3, -0.25) is 28.3 Å². The Morgan fingerprint density at radius 3 is 1.24 bits per heavy atom. The van der Waals surface area contributed by atoms with E-state index in [4.69, 9.17) is 51.1 Å². The second kappa shape index (κ2) is 21.9. The minimum absolute atomic E-state index is 0.0102. The summed E-state index contributed by atoms with van der Waals surface area (Å²) in [5.41, 5.74) is 1.16. The van der Waals surface area contributed by atoms with Gasteiger partial charge in [0.2, 0.25) is 0 Å². The third-order valence-corrected chi connectivity index (χ3v) is 12.7. The van der Waals surface area contributed by atoms with Gasteiger partial charge in [-0.25, -0.2) is 28.3 Å². The lowest BCUT2D eigenvalue weighted by Gasteiger charge is -2.18. The standard InChI is InChI=1S/C26H21Cl2N3O5.C25H19Cl2N3O5/c1-30-21-9-4-3-6-17(21)24(33)31(26(30)35)16-12-10-15(11-13-16)14-20(25(34)36-2)29-23(32)22-18(27)7-5-8-19(22)28;1-29-20-8-3-2-5-16(20)23(32)30(25(29)35)15-11-9-14(10-12-15)13-19(24(33)34)28-22(31)21-17(26)6-4-7-18(21)27/h3-13,20H,14H2,1-2H3,(H,29,32);2-12,19H,13H2,1H3,(H,28,31)(H,33,34)/t20-;19-/m00/s1. The average molecular weight is 1040 g/mol. The van der Waals surface area contributed by atoms with E-state index in [1.165, 1.54) is 40.5 Å². The van der Waals surface area contributed by atoms with E-state index in [0.717, 1.165) is 9.13 Å². The minimum atomic E-state index is -1.27. The van der Waals surface area contributed by atoms with Gasteiger partial charge in [0.25, 0.3) is 22.9 Å². The van der Waals surface area contributed by atoms with Crippen LogP contribution in [0, 0.1) is 0 Å². The molecule has 0 unspecified atom stereocenters. The number of methoxy groups -OCH3 is 1. The van der Waals surface area contributed by atoms with E-state index < -0.39 is 58.3 Å². The van der Waals surface area contributed by atoms with Gasteiger partial charge in [-0.2, -0.15) is 0 Å². The van der Waals surface area contributed by atoms with Crippen molar-refractivity contribution in [2.75, 3.05) is 7.11 Å². The predicted molar refractivity (Wildman–Crippen MR) is 272 cm³/mol. The van der Waals surface area contributed by atoms with Gasteiger partial charge in [0.05, 0.1) is 71.5 Å². The van der Waals surface area contributed by atoms with Gasteiger partial charge in [-0.1, -0.05) is 107 Å². The molecule has 3 N–H and O–H groups in total. The largest absolute Gasteiger partial charge is 0.480 e. The maximum absolute atomic E-state index is 13.0. The first-order valence-electron chi connectivity index (χ1n) is 21.3. The second-order valence-electron chi connectivity index (χ2n) is 15.8. The molecule has 8 aromatic rings. The SMILES string of the molecule is COC(=O)[C@H](Cc1ccc(-n2c(=O)c3ccccc3n(C)c2=O)cc1)NC(=O)c1c(Cl)cccc1Cl.Cn1c(=O)n(-c2ccc(C[C@H](NC(=O)c3c(Cl)cccc3Cl)C(=O)O)cc2)c(=O)c2ccccc21. The Bertz CT molecular complexity index is 3610. The Labute approximate surface area is 422 Å². The van der Waals surface area contributed by atoms with E-state index in [9.17, 15) is 43.5 Å². The minimum Gasteiger partial charge on any atom is -0.480 e. The average Bonchev–Trinajstić information content (AvgIpc) is 3.35. The van der Waals surface area contributed by atoms with Crippen LogP contribution in [0.25, 0.3) is 33.2 Å². The van der Waals surface area contributed by atoms with Crippen LogP contribution in [0.1, 0.15) is 31.8 Å². The van der Waals surface area contributed by atoms with Gasteiger partial charge in [-0.05, 0) is 83.9 Å². The van der Waals surface area contributed by atoms with Crippen LogP contribution >= 0.6 is 46.4 Å². The first-order valence-corrected chi connectivity index (χ1v) is 22.8. The molecule has 2 heterocycles. The van der Waals surface area contributed by atoms with Crippen molar-refractivity contribution in [3.8, 4) is 11.4 Å². The molecule has 362 valence electrons. The molecule has 0 saturated carbocycles. The zero-order valence-electron chi connectivity index (χ0n) is 37.7. The summed E-state index contributed by atoms with van der Waals surface area (Å²) in [6.07, 6.45) is 0.0411. The summed E-state index contributed by atoms with van der Waals surface area (Å²) in [6.45, 7) is 0. The van der Waals surface area contributed by atoms with E-state index in [2.05, 4.69) is 10.6 Å². The van der Waals surface area contributed by atoms with Gasteiger partial charge < -0.3 is 20.5 Å². The number of aryl methyl sites for hydroxylation is 2. The molecule has 0 aliphatic carbocycles. The Hall–Kier alpha value is -7.76. The number of ether oxygens (including phenoxy) is 1. The molecule has 20 heteroatoms. The van der Waals surface area contributed by atoms with E-state index in [-0.39, 0.29) is 44.1 Å². The first kappa shape index (κ1) is 51.1. The molecule has 2 amide bonds. The van der Waals surface area contributed by atoms with Crippen molar-refractivity contribution in [3.63, 3.8) is 0 Å². The third kappa shape index (κ3) is 10.9. The topological polar surface area (TPSA) is 210 Å². The highest BCUT2D eigenvalue weighted by molar-refractivity contribution is 6.40. The number of carboxylic acid groups (broad SMARTS) is 1. The molecular weight excluding hydrogens is 998 g/mol. The number of para-hydroxylation sites is 2. The lowest BCUT2D eigenvalue weighted by molar-refractivity contribution is -0.143. The molecule has 2 aromatic heterocycles. The zero-order valence-corrected chi connectivity index (χ0v) is 40.7. The summed E-state index contributed by atoms with van der Waals surface area (Å²) in [7, 11) is 4.40. The fourth-order valence-electron chi connectivity index (χ4n) is 7.73. The van der Waals surface area contributed by atoms with Crippen molar-refractivity contribution in [1.82, 2.24) is 28.9 Å². The highest BCUT2D eigenvalue weighted by Crippen LogP contribution is 2.26. The van der Waals surface area contributed by atoms with Crippen LogP contribution in [-0.4, -0.2) is 66.3 Å². The smallest absolute Gasteiger partial charge is 0.335 e. The van der Waals surface area contributed by atoms with Crippen LogP contribution in [-0.2, 0) is 41.3 Å². The summed E-state index contributed by atoms with van der Waals surface area (Å²) < 4.78 is 9.80. The number of hydrogen-bond donors (Lipinski definition) is 3. The quantitative estimate of drug-likeness (QED) is 0.107. The van der Waals surface area contributed by atoms with E-state index in [0.29, 0.717) is 44.3 Å².